The molecule has 10 rings (SSSR count). The molecular formula is C49H39BN4O2. The van der Waals surface area contributed by atoms with Crippen molar-refractivity contribution in [3.8, 4) is 45.0 Å². The molecule has 0 radical (unpaired) electrons. The molecule has 8 aromatic rings. The minimum atomic E-state index is -0.899. The molecule has 1 saturated heterocycles. The number of hydrogen-bond donors (Lipinski definition) is 0. The normalized spacial score (nSPS) is 17.8. The molecular weight excluding hydrogens is 687 g/mol. The van der Waals surface area contributed by atoms with Crippen LogP contribution in [-0.4, -0.2) is 38.3 Å². The maximum absolute atomic E-state index is 6.66. The Morgan fingerprint density at radius 2 is 1.00 bits per heavy atom. The third-order valence-electron chi connectivity index (χ3n) is 11.8. The average Bonchev–Trinajstić information content (AvgIpc) is 3.66. The van der Waals surface area contributed by atoms with Crippen LogP contribution in [0.3, 0.4) is 0 Å². The number of aromatic nitrogens is 4. The van der Waals surface area contributed by atoms with Gasteiger partial charge in [0, 0.05) is 16.7 Å². The SMILES string of the molecule is CC1(C)OB(c2ccc3c(c2)C(c2ccccc2)(c2nc4nc(-c5ccccc5)nc(-c5ccccc5)c4nc2-c2ccccc2)c2ccccc2-3)OC1(C)C. The summed E-state index contributed by atoms with van der Waals surface area (Å²) >= 11 is 0. The average molecular weight is 727 g/mol. The minimum absolute atomic E-state index is 0.493. The predicted molar refractivity (Wildman–Crippen MR) is 224 cm³/mol. The van der Waals surface area contributed by atoms with Gasteiger partial charge in [0.1, 0.15) is 11.2 Å². The fraction of sp³-hybridized carbons (Fsp3) is 0.143. The summed E-state index contributed by atoms with van der Waals surface area (Å²) in [6, 6.07) is 56.7. The second kappa shape index (κ2) is 12.9. The van der Waals surface area contributed by atoms with Gasteiger partial charge in [-0.2, -0.15) is 0 Å². The summed E-state index contributed by atoms with van der Waals surface area (Å²) in [4.78, 5) is 21.8. The van der Waals surface area contributed by atoms with Crippen molar-refractivity contribution >= 4 is 23.7 Å². The lowest BCUT2D eigenvalue weighted by Gasteiger charge is -2.34. The number of nitrogens with zero attached hydrogens (tertiary/aromatic N) is 4. The molecule has 0 N–H and O–H groups in total. The van der Waals surface area contributed by atoms with E-state index >= 15 is 0 Å². The van der Waals surface area contributed by atoms with Gasteiger partial charge in [-0.25, -0.2) is 19.9 Å². The van der Waals surface area contributed by atoms with Crippen molar-refractivity contribution in [2.24, 2.45) is 0 Å². The first-order chi connectivity index (χ1) is 27.2. The number of rotatable bonds is 6. The molecule has 2 aliphatic rings. The van der Waals surface area contributed by atoms with E-state index in [0.29, 0.717) is 17.0 Å². The lowest BCUT2D eigenvalue weighted by molar-refractivity contribution is 0.00578. The summed E-state index contributed by atoms with van der Waals surface area (Å²) in [6.45, 7) is 8.38. The van der Waals surface area contributed by atoms with E-state index in [-0.39, 0.29) is 0 Å². The Morgan fingerprint density at radius 3 is 1.64 bits per heavy atom. The molecule has 56 heavy (non-hydrogen) atoms. The highest BCUT2D eigenvalue weighted by Crippen LogP contribution is 2.57. The van der Waals surface area contributed by atoms with Crippen molar-refractivity contribution in [2.75, 3.05) is 0 Å². The molecule has 0 bridgehead atoms. The van der Waals surface area contributed by atoms with E-state index in [2.05, 4.69) is 137 Å². The maximum Gasteiger partial charge on any atom is 0.494 e. The molecule has 270 valence electrons. The van der Waals surface area contributed by atoms with Gasteiger partial charge >= 0.3 is 7.12 Å². The smallest absolute Gasteiger partial charge is 0.399 e. The number of benzene rings is 6. The third-order valence-corrected chi connectivity index (χ3v) is 11.8. The summed E-state index contributed by atoms with van der Waals surface area (Å²) < 4.78 is 13.3. The Labute approximate surface area is 327 Å². The molecule has 6 nitrogen and oxygen atoms in total. The van der Waals surface area contributed by atoms with Crippen LogP contribution in [0, 0.1) is 0 Å². The van der Waals surface area contributed by atoms with Crippen LogP contribution in [0.2, 0.25) is 0 Å². The molecule has 1 fully saturated rings. The topological polar surface area (TPSA) is 70.0 Å². The highest BCUT2D eigenvalue weighted by molar-refractivity contribution is 6.62. The first kappa shape index (κ1) is 34.2. The van der Waals surface area contributed by atoms with Gasteiger partial charge in [0.25, 0.3) is 0 Å². The quantitative estimate of drug-likeness (QED) is 0.159. The Morgan fingerprint density at radius 1 is 0.464 bits per heavy atom. The van der Waals surface area contributed by atoms with E-state index in [4.69, 9.17) is 29.2 Å². The fourth-order valence-electron chi connectivity index (χ4n) is 8.33. The van der Waals surface area contributed by atoms with Crippen LogP contribution >= 0.6 is 0 Å². The lowest BCUT2D eigenvalue weighted by Crippen LogP contribution is -2.41. The minimum Gasteiger partial charge on any atom is -0.399 e. The third kappa shape index (κ3) is 5.26. The zero-order chi connectivity index (χ0) is 38.1. The molecule has 0 spiro atoms. The van der Waals surface area contributed by atoms with Crippen LogP contribution in [0.25, 0.3) is 56.2 Å². The van der Waals surface area contributed by atoms with Gasteiger partial charge in [0.15, 0.2) is 11.5 Å². The van der Waals surface area contributed by atoms with Crippen molar-refractivity contribution in [2.45, 2.75) is 44.3 Å². The summed E-state index contributed by atoms with van der Waals surface area (Å²) in [5, 5.41) is 0. The number of hydrogen-bond acceptors (Lipinski definition) is 6. The van der Waals surface area contributed by atoms with Crippen molar-refractivity contribution < 1.29 is 9.31 Å². The van der Waals surface area contributed by atoms with E-state index in [1.807, 2.05) is 54.6 Å². The van der Waals surface area contributed by atoms with Crippen LogP contribution in [0.4, 0.5) is 0 Å². The molecule has 7 heteroatoms. The van der Waals surface area contributed by atoms with Crippen molar-refractivity contribution in [1.29, 1.82) is 0 Å². The Hall–Kier alpha value is -6.28. The summed E-state index contributed by atoms with van der Waals surface area (Å²) in [5.74, 6) is 0.591. The molecule has 0 amide bonds. The highest BCUT2D eigenvalue weighted by atomic mass is 16.7. The first-order valence-electron chi connectivity index (χ1n) is 19.2. The Bertz CT molecular complexity index is 2740. The van der Waals surface area contributed by atoms with Crippen LogP contribution in [0.15, 0.2) is 164 Å². The number of fused-ring (bicyclic) bond motifs is 4. The summed E-state index contributed by atoms with van der Waals surface area (Å²) in [6.07, 6.45) is 0. The van der Waals surface area contributed by atoms with Crippen molar-refractivity contribution in [1.82, 2.24) is 19.9 Å². The zero-order valence-electron chi connectivity index (χ0n) is 31.8. The molecule has 3 heterocycles. The predicted octanol–water partition coefficient (Wildman–Crippen LogP) is 10.1. The summed E-state index contributed by atoms with van der Waals surface area (Å²) in [7, 11) is -0.548. The van der Waals surface area contributed by atoms with Crippen LogP contribution in [0.5, 0.6) is 0 Å². The van der Waals surface area contributed by atoms with Crippen LogP contribution in [0.1, 0.15) is 50.1 Å². The van der Waals surface area contributed by atoms with Gasteiger partial charge in [-0.3, -0.25) is 0 Å². The Balaban J connectivity index is 1.34. The van der Waals surface area contributed by atoms with Crippen LogP contribution < -0.4 is 5.46 Å². The largest absolute Gasteiger partial charge is 0.494 e. The van der Waals surface area contributed by atoms with Gasteiger partial charge < -0.3 is 9.31 Å². The van der Waals surface area contributed by atoms with Gasteiger partial charge in [-0.15, -0.1) is 0 Å². The van der Waals surface area contributed by atoms with Gasteiger partial charge in [-0.05, 0) is 61.0 Å². The molecule has 6 aromatic carbocycles. The molecule has 1 atom stereocenters. The van der Waals surface area contributed by atoms with Gasteiger partial charge in [0.2, 0.25) is 0 Å². The van der Waals surface area contributed by atoms with Crippen molar-refractivity contribution in [3.63, 3.8) is 0 Å². The molecule has 0 saturated carbocycles. The molecule has 1 unspecified atom stereocenters. The monoisotopic (exact) mass is 726 g/mol. The van der Waals surface area contributed by atoms with Crippen molar-refractivity contribution in [3.05, 3.63) is 186 Å². The van der Waals surface area contributed by atoms with E-state index in [9.17, 15) is 0 Å². The fourth-order valence-corrected chi connectivity index (χ4v) is 8.33. The maximum atomic E-state index is 6.66. The van der Waals surface area contributed by atoms with Gasteiger partial charge in [-0.1, -0.05) is 164 Å². The van der Waals surface area contributed by atoms with E-state index < -0.39 is 23.7 Å². The zero-order valence-corrected chi connectivity index (χ0v) is 31.8. The van der Waals surface area contributed by atoms with E-state index in [0.717, 1.165) is 67.1 Å². The second-order valence-electron chi connectivity index (χ2n) is 15.6. The molecule has 1 aliphatic carbocycles. The first-order valence-corrected chi connectivity index (χ1v) is 19.2. The van der Waals surface area contributed by atoms with E-state index in [1.165, 1.54) is 0 Å². The Kier molecular flexibility index (Phi) is 7.89. The lowest BCUT2D eigenvalue weighted by atomic mass is 9.67. The standard InChI is InChI=1S/C49H39BN4O2/c1-47(2)48(3,4)56-50(55-47)36-29-30-38-37-27-17-18-28-39(37)49(40(38)31-36,35-25-15-8-16-26-35)44-42(33-21-11-6-12-22-33)51-43-41(32-19-9-5-10-20-32)52-45(54-46(43)53-44)34-23-13-7-14-24-34/h5-31H,1-4H3. The molecule has 1 aliphatic heterocycles. The second-order valence-corrected chi connectivity index (χ2v) is 15.6. The van der Waals surface area contributed by atoms with E-state index in [1.54, 1.807) is 0 Å². The van der Waals surface area contributed by atoms with Crippen LogP contribution in [-0.2, 0) is 14.7 Å². The summed E-state index contributed by atoms with van der Waals surface area (Å²) in [5.41, 5.74) is 10.9. The van der Waals surface area contributed by atoms with Gasteiger partial charge in [0.05, 0.1) is 28.0 Å². The highest BCUT2D eigenvalue weighted by Gasteiger charge is 2.54. The molecule has 2 aromatic heterocycles.